The van der Waals surface area contributed by atoms with E-state index in [9.17, 15) is 9.59 Å². The molecule has 0 aromatic rings. The Labute approximate surface area is 106 Å². The van der Waals surface area contributed by atoms with Gasteiger partial charge in [0, 0.05) is 25.4 Å². The lowest BCUT2D eigenvalue weighted by molar-refractivity contribution is -0.143. The van der Waals surface area contributed by atoms with E-state index in [0.717, 1.165) is 5.75 Å². The van der Waals surface area contributed by atoms with Crippen molar-refractivity contribution in [2.45, 2.75) is 25.8 Å². The molecule has 1 unspecified atom stereocenters. The standard InChI is InChI=1S/C11H20N2O3S/c1-8(6-17-3)13(2)10(16)12-7-11(4-5-11)9(14)15/h8H,4-7H2,1-3H3,(H,12,16)(H,14,15). The monoisotopic (exact) mass is 260 g/mol. The van der Waals surface area contributed by atoms with Gasteiger partial charge in [-0.25, -0.2) is 4.79 Å². The van der Waals surface area contributed by atoms with E-state index in [2.05, 4.69) is 5.32 Å². The van der Waals surface area contributed by atoms with Crippen molar-refractivity contribution in [3.8, 4) is 0 Å². The van der Waals surface area contributed by atoms with E-state index in [0.29, 0.717) is 12.8 Å². The summed E-state index contributed by atoms with van der Waals surface area (Å²) < 4.78 is 0. The summed E-state index contributed by atoms with van der Waals surface area (Å²) in [6, 6.07) is -0.0518. The van der Waals surface area contributed by atoms with Gasteiger partial charge in [-0.1, -0.05) is 0 Å². The second-order valence-corrected chi connectivity index (χ2v) is 5.57. The quantitative estimate of drug-likeness (QED) is 0.754. The summed E-state index contributed by atoms with van der Waals surface area (Å²) in [6.07, 6.45) is 3.31. The van der Waals surface area contributed by atoms with Crippen molar-refractivity contribution in [3.63, 3.8) is 0 Å². The SMILES string of the molecule is CSCC(C)N(C)C(=O)NCC1(C(=O)O)CC1. The number of thioether (sulfide) groups is 1. The van der Waals surface area contributed by atoms with Gasteiger partial charge in [0.15, 0.2) is 0 Å². The molecule has 1 fully saturated rings. The number of rotatable bonds is 6. The molecule has 0 bridgehead atoms. The van der Waals surface area contributed by atoms with E-state index < -0.39 is 11.4 Å². The molecule has 0 radical (unpaired) electrons. The minimum absolute atomic E-state index is 0.144. The maximum Gasteiger partial charge on any atom is 0.317 e. The number of aliphatic carboxylic acids is 1. The number of urea groups is 1. The van der Waals surface area contributed by atoms with Gasteiger partial charge in [0.25, 0.3) is 0 Å². The van der Waals surface area contributed by atoms with Crippen LogP contribution in [0.15, 0.2) is 0 Å². The number of carboxylic acid groups (broad SMARTS) is 1. The van der Waals surface area contributed by atoms with Gasteiger partial charge in [0.05, 0.1) is 5.41 Å². The smallest absolute Gasteiger partial charge is 0.317 e. The maximum atomic E-state index is 11.8. The van der Waals surface area contributed by atoms with Gasteiger partial charge in [0.2, 0.25) is 0 Å². The van der Waals surface area contributed by atoms with Crippen LogP contribution in [0.4, 0.5) is 4.79 Å². The number of carbonyl (C=O) groups is 2. The predicted molar refractivity (Wildman–Crippen MR) is 68.3 cm³/mol. The highest BCUT2D eigenvalue weighted by Gasteiger charge is 2.50. The first kappa shape index (κ1) is 14.2. The molecule has 98 valence electrons. The Morgan fingerprint density at radius 2 is 2.12 bits per heavy atom. The summed E-state index contributed by atoms with van der Waals surface area (Å²) >= 11 is 1.68. The molecule has 1 aliphatic rings. The van der Waals surface area contributed by atoms with Crippen molar-refractivity contribution in [1.29, 1.82) is 0 Å². The number of hydrogen-bond acceptors (Lipinski definition) is 3. The third-order valence-corrected chi connectivity index (χ3v) is 4.09. The molecule has 17 heavy (non-hydrogen) atoms. The van der Waals surface area contributed by atoms with Crippen LogP contribution in [0.3, 0.4) is 0 Å². The lowest BCUT2D eigenvalue weighted by Gasteiger charge is -2.25. The number of nitrogens with zero attached hydrogens (tertiary/aromatic N) is 1. The van der Waals surface area contributed by atoms with Crippen LogP contribution in [0.2, 0.25) is 0 Å². The molecule has 6 heteroatoms. The first-order chi connectivity index (χ1) is 7.93. The Balaban J connectivity index is 2.37. The molecule has 0 saturated heterocycles. The second-order valence-electron chi connectivity index (χ2n) is 4.66. The van der Waals surface area contributed by atoms with Gasteiger partial charge in [-0.3, -0.25) is 4.79 Å². The third-order valence-electron chi connectivity index (χ3n) is 3.27. The van der Waals surface area contributed by atoms with Crippen LogP contribution in [-0.2, 0) is 4.79 Å². The Morgan fingerprint density at radius 1 is 1.53 bits per heavy atom. The zero-order valence-corrected chi connectivity index (χ0v) is 11.3. The Hall–Kier alpha value is -0.910. The van der Waals surface area contributed by atoms with Crippen LogP contribution >= 0.6 is 11.8 Å². The van der Waals surface area contributed by atoms with Crippen LogP contribution in [-0.4, -0.2) is 53.6 Å². The number of carboxylic acids is 1. The van der Waals surface area contributed by atoms with Gasteiger partial charge in [-0.2, -0.15) is 11.8 Å². The van der Waals surface area contributed by atoms with E-state index in [1.807, 2.05) is 13.2 Å². The van der Waals surface area contributed by atoms with Gasteiger partial charge >= 0.3 is 12.0 Å². The molecular formula is C11H20N2O3S. The Kier molecular flexibility index (Phi) is 4.68. The Morgan fingerprint density at radius 3 is 2.53 bits per heavy atom. The highest BCUT2D eigenvalue weighted by molar-refractivity contribution is 7.98. The fourth-order valence-electron chi connectivity index (χ4n) is 1.54. The van der Waals surface area contributed by atoms with Crippen LogP contribution in [0.25, 0.3) is 0 Å². The molecule has 0 aromatic heterocycles. The third kappa shape index (κ3) is 3.52. The van der Waals surface area contributed by atoms with E-state index in [4.69, 9.17) is 5.11 Å². The van der Waals surface area contributed by atoms with Crippen molar-refractivity contribution in [2.75, 3.05) is 25.6 Å². The minimum Gasteiger partial charge on any atom is -0.481 e. The molecule has 0 spiro atoms. The fraction of sp³-hybridized carbons (Fsp3) is 0.818. The molecule has 0 aromatic carbocycles. The van der Waals surface area contributed by atoms with Crippen LogP contribution in [0, 0.1) is 5.41 Å². The van der Waals surface area contributed by atoms with E-state index in [1.165, 1.54) is 0 Å². The molecule has 0 aliphatic heterocycles. The van der Waals surface area contributed by atoms with E-state index >= 15 is 0 Å². The van der Waals surface area contributed by atoms with E-state index in [-0.39, 0.29) is 18.6 Å². The van der Waals surface area contributed by atoms with Gasteiger partial charge in [0.1, 0.15) is 0 Å². The number of carbonyl (C=O) groups excluding carboxylic acids is 1. The van der Waals surface area contributed by atoms with Crippen LogP contribution in [0.1, 0.15) is 19.8 Å². The first-order valence-corrected chi connectivity index (χ1v) is 7.05. The van der Waals surface area contributed by atoms with Gasteiger partial charge in [-0.05, 0) is 26.0 Å². The number of hydrogen-bond donors (Lipinski definition) is 2. The van der Waals surface area contributed by atoms with Crippen molar-refractivity contribution < 1.29 is 14.7 Å². The first-order valence-electron chi connectivity index (χ1n) is 5.66. The molecule has 1 aliphatic carbocycles. The summed E-state index contributed by atoms with van der Waals surface area (Å²) in [5.74, 6) is 0.0613. The fourth-order valence-corrected chi connectivity index (χ4v) is 2.25. The van der Waals surface area contributed by atoms with Crippen molar-refractivity contribution >= 4 is 23.8 Å². The van der Waals surface area contributed by atoms with Gasteiger partial charge in [-0.15, -0.1) is 0 Å². The number of nitrogens with one attached hydrogen (secondary N) is 1. The molecule has 1 atom stereocenters. The average Bonchev–Trinajstić information content (AvgIpc) is 3.06. The largest absolute Gasteiger partial charge is 0.481 e. The van der Waals surface area contributed by atoms with Crippen molar-refractivity contribution in [1.82, 2.24) is 10.2 Å². The van der Waals surface area contributed by atoms with E-state index in [1.54, 1.807) is 23.7 Å². The second kappa shape index (κ2) is 5.62. The molecular weight excluding hydrogens is 240 g/mol. The van der Waals surface area contributed by atoms with Gasteiger partial charge < -0.3 is 15.3 Å². The van der Waals surface area contributed by atoms with Crippen LogP contribution < -0.4 is 5.32 Å². The summed E-state index contributed by atoms with van der Waals surface area (Å²) in [5.41, 5.74) is -0.695. The molecule has 1 saturated carbocycles. The summed E-state index contributed by atoms with van der Waals surface area (Å²) in [6.45, 7) is 2.21. The molecule has 2 amide bonds. The van der Waals surface area contributed by atoms with Crippen molar-refractivity contribution in [2.24, 2.45) is 5.41 Å². The predicted octanol–water partition coefficient (Wildman–Crippen LogP) is 1.24. The normalized spacial score (nSPS) is 18.3. The zero-order chi connectivity index (χ0) is 13.1. The Bertz CT molecular complexity index is 305. The highest BCUT2D eigenvalue weighted by atomic mass is 32.2. The topological polar surface area (TPSA) is 69.6 Å². The molecule has 1 rings (SSSR count). The lowest BCUT2D eigenvalue weighted by atomic mass is 10.1. The lowest BCUT2D eigenvalue weighted by Crippen LogP contribution is -2.46. The average molecular weight is 260 g/mol. The zero-order valence-electron chi connectivity index (χ0n) is 10.5. The molecule has 2 N–H and O–H groups in total. The van der Waals surface area contributed by atoms with Crippen LogP contribution in [0.5, 0.6) is 0 Å². The van der Waals surface area contributed by atoms with Crippen molar-refractivity contribution in [3.05, 3.63) is 0 Å². The summed E-state index contributed by atoms with van der Waals surface area (Å²) in [7, 11) is 1.73. The maximum absolute atomic E-state index is 11.8. The molecule has 5 nitrogen and oxygen atoms in total. The summed E-state index contributed by atoms with van der Waals surface area (Å²) in [5, 5.41) is 11.7. The highest BCUT2D eigenvalue weighted by Crippen LogP contribution is 2.45. The number of amides is 2. The minimum atomic E-state index is -0.808. The summed E-state index contributed by atoms with van der Waals surface area (Å²) in [4.78, 5) is 24.3. The molecule has 0 heterocycles.